The van der Waals surface area contributed by atoms with Crippen molar-refractivity contribution in [3.63, 3.8) is 0 Å². The minimum absolute atomic E-state index is 0.0413. The van der Waals surface area contributed by atoms with Crippen LogP contribution in [0.1, 0.15) is 42.3 Å². The quantitative estimate of drug-likeness (QED) is 0.756. The lowest BCUT2D eigenvalue weighted by molar-refractivity contribution is -0.118. The Morgan fingerprint density at radius 1 is 1.18 bits per heavy atom. The average Bonchev–Trinajstić information content (AvgIpc) is 3.12. The number of carbonyl (C=O) groups is 1. The highest BCUT2D eigenvalue weighted by Crippen LogP contribution is 2.32. The lowest BCUT2D eigenvalue weighted by Gasteiger charge is -2.32. The first kappa shape index (κ1) is 19.0. The largest absolute Gasteiger partial charge is 0.339 e. The Morgan fingerprint density at radius 2 is 1.96 bits per heavy atom. The maximum Gasteiger partial charge on any atom is 0.262 e. The van der Waals surface area contributed by atoms with E-state index in [0.29, 0.717) is 37.6 Å². The molecule has 2 aromatic rings. The molecular formula is C18H24N6O3S. The fourth-order valence-electron chi connectivity index (χ4n) is 3.90. The van der Waals surface area contributed by atoms with Gasteiger partial charge in [0.1, 0.15) is 11.6 Å². The number of piperidine rings is 1. The number of fused-ring (bicyclic) bond motifs is 1. The number of rotatable bonds is 3. The van der Waals surface area contributed by atoms with Gasteiger partial charge in [0.15, 0.2) is 5.03 Å². The summed E-state index contributed by atoms with van der Waals surface area (Å²) in [5.74, 6) is 1.20. The van der Waals surface area contributed by atoms with Crippen molar-refractivity contribution in [3.8, 4) is 0 Å². The van der Waals surface area contributed by atoms with Crippen LogP contribution in [0.2, 0.25) is 0 Å². The Balaban J connectivity index is 1.64. The smallest absolute Gasteiger partial charge is 0.262 e. The first-order valence-electron chi connectivity index (χ1n) is 9.39. The van der Waals surface area contributed by atoms with Crippen molar-refractivity contribution in [2.24, 2.45) is 7.05 Å². The van der Waals surface area contributed by atoms with E-state index < -0.39 is 10.0 Å². The third kappa shape index (κ3) is 3.20. The molecule has 0 spiro atoms. The van der Waals surface area contributed by atoms with Gasteiger partial charge < -0.3 is 4.57 Å². The van der Waals surface area contributed by atoms with E-state index in [1.165, 1.54) is 16.8 Å². The van der Waals surface area contributed by atoms with Gasteiger partial charge in [-0.15, -0.1) is 0 Å². The second-order valence-corrected chi connectivity index (χ2v) is 9.39. The summed E-state index contributed by atoms with van der Waals surface area (Å²) in [5, 5.41) is 0.0588. The average molecular weight is 404 g/mol. The number of amides is 1. The van der Waals surface area contributed by atoms with Crippen molar-refractivity contribution < 1.29 is 13.2 Å². The number of imidazole rings is 1. The van der Waals surface area contributed by atoms with Gasteiger partial charge in [-0.2, -0.15) is 4.31 Å². The van der Waals surface area contributed by atoms with Gasteiger partial charge in [0.05, 0.1) is 6.33 Å². The van der Waals surface area contributed by atoms with Crippen molar-refractivity contribution in [1.82, 2.24) is 23.8 Å². The van der Waals surface area contributed by atoms with Crippen LogP contribution in [-0.4, -0.2) is 58.3 Å². The van der Waals surface area contributed by atoms with Gasteiger partial charge >= 0.3 is 0 Å². The predicted octanol–water partition coefficient (Wildman–Crippen LogP) is 0.996. The van der Waals surface area contributed by atoms with Crippen LogP contribution in [-0.2, 0) is 28.3 Å². The van der Waals surface area contributed by atoms with E-state index in [-0.39, 0.29) is 16.9 Å². The van der Waals surface area contributed by atoms with Crippen molar-refractivity contribution >= 4 is 21.7 Å². The van der Waals surface area contributed by atoms with E-state index in [2.05, 4.69) is 15.0 Å². The van der Waals surface area contributed by atoms with Crippen LogP contribution < -0.4 is 4.90 Å². The molecule has 4 rings (SSSR count). The minimum Gasteiger partial charge on any atom is -0.339 e. The SMILES string of the molecule is Cc1nc([C@H]2CCCN(S(=O)(=O)c3cn(C)cn3)C2)nc2c1CCC(=O)N2C. The molecule has 0 unspecified atom stereocenters. The van der Waals surface area contributed by atoms with Crippen LogP contribution in [0, 0.1) is 6.92 Å². The summed E-state index contributed by atoms with van der Waals surface area (Å²) in [6.07, 6.45) is 5.65. The van der Waals surface area contributed by atoms with E-state index in [1.54, 1.807) is 23.6 Å². The maximum atomic E-state index is 12.9. The number of sulfonamides is 1. The Hall–Kier alpha value is -2.33. The summed E-state index contributed by atoms with van der Waals surface area (Å²) in [5.41, 5.74) is 1.86. The van der Waals surface area contributed by atoms with Crippen molar-refractivity contribution in [1.29, 1.82) is 0 Å². The predicted molar refractivity (Wildman–Crippen MR) is 102 cm³/mol. The summed E-state index contributed by atoms with van der Waals surface area (Å²) in [4.78, 5) is 27.0. The minimum atomic E-state index is -3.65. The summed E-state index contributed by atoms with van der Waals surface area (Å²) < 4.78 is 28.9. The molecule has 0 aliphatic carbocycles. The first-order valence-corrected chi connectivity index (χ1v) is 10.8. The van der Waals surface area contributed by atoms with Gasteiger partial charge in [-0.3, -0.25) is 9.69 Å². The highest BCUT2D eigenvalue weighted by Gasteiger charge is 2.34. The molecule has 4 heterocycles. The molecule has 0 bridgehead atoms. The zero-order chi connectivity index (χ0) is 20.1. The van der Waals surface area contributed by atoms with E-state index in [9.17, 15) is 13.2 Å². The molecule has 150 valence electrons. The lowest BCUT2D eigenvalue weighted by atomic mass is 9.97. The fraction of sp³-hybridized carbons (Fsp3) is 0.556. The Morgan fingerprint density at radius 3 is 2.68 bits per heavy atom. The van der Waals surface area contributed by atoms with Crippen LogP contribution in [0.5, 0.6) is 0 Å². The topological polar surface area (TPSA) is 101 Å². The van der Waals surface area contributed by atoms with Gasteiger partial charge in [-0.25, -0.2) is 23.4 Å². The number of hydrogen-bond acceptors (Lipinski definition) is 6. The molecule has 2 aromatic heterocycles. The van der Waals surface area contributed by atoms with Crippen LogP contribution >= 0.6 is 0 Å². The molecule has 28 heavy (non-hydrogen) atoms. The second-order valence-electron chi connectivity index (χ2n) is 7.50. The van der Waals surface area contributed by atoms with E-state index >= 15 is 0 Å². The standard InChI is InChI=1S/C18H24N6O3S/c1-12-14-6-7-16(25)23(3)18(14)21-17(20-12)13-5-4-8-24(9-13)28(26,27)15-10-22(2)11-19-15/h10-11,13H,4-9H2,1-3H3/t13-/m0/s1. The Labute approximate surface area is 164 Å². The third-order valence-corrected chi connectivity index (χ3v) is 7.28. The van der Waals surface area contributed by atoms with Crippen LogP contribution in [0.15, 0.2) is 17.6 Å². The molecular weight excluding hydrogens is 380 g/mol. The monoisotopic (exact) mass is 404 g/mol. The van der Waals surface area contributed by atoms with Gasteiger partial charge in [-0.05, 0) is 26.2 Å². The summed E-state index contributed by atoms with van der Waals surface area (Å²) in [7, 11) is -0.174. The third-order valence-electron chi connectivity index (χ3n) is 5.52. The molecule has 0 N–H and O–H groups in total. The van der Waals surface area contributed by atoms with Crippen molar-refractivity contribution in [3.05, 3.63) is 29.6 Å². The molecule has 2 aliphatic rings. The first-order chi connectivity index (χ1) is 13.3. The Bertz CT molecular complexity index is 1030. The van der Waals surface area contributed by atoms with E-state index in [1.807, 2.05) is 6.92 Å². The number of aromatic nitrogens is 4. The summed E-state index contributed by atoms with van der Waals surface area (Å²) in [6, 6.07) is 0. The van der Waals surface area contributed by atoms with Gasteiger partial charge in [-0.1, -0.05) is 0 Å². The van der Waals surface area contributed by atoms with E-state index in [4.69, 9.17) is 0 Å². The molecule has 1 saturated heterocycles. The molecule has 1 atom stereocenters. The number of aryl methyl sites for hydroxylation is 2. The lowest BCUT2D eigenvalue weighted by Crippen LogP contribution is -2.40. The van der Waals surface area contributed by atoms with Crippen molar-refractivity contribution in [2.75, 3.05) is 25.0 Å². The van der Waals surface area contributed by atoms with E-state index in [0.717, 1.165) is 24.1 Å². The van der Waals surface area contributed by atoms with Gasteiger partial charge in [0.2, 0.25) is 5.91 Å². The fourth-order valence-corrected chi connectivity index (χ4v) is 5.39. The van der Waals surface area contributed by atoms with Crippen LogP contribution in [0.3, 0.4) is 0 Å². The molecule has 0 aromatic carbocycles. The molecule has 9 nitrogen and oxygen atoms in total. The molecule has 0 saturated carbocycles. The zero-order valence-corrected chi connectivity index (χ0v) is 17.1. The highest BCUT2D eigenvalue weighted by atomic mass is 32.2. The number of nitrogens with zero attached hydrogens (tertiary/aromatic N) is 6. The molecule has 1 fully saturated rings. The Kier molecular flexibility index (Phi) is 4.70. The highest BCUT2D eigenvalue weighted by molar-refractivity contribution is 7.89. The second kappa shape index (κ2) is 6.93. The molecule has 0 radical (unpaired) electrons. The number of hydrogen-bond donors (Lipinski definition) is 0. The van der Waals surface area contributed by atoms with Gasteiger partial charge in [0, 0.05) is 57.0 Å². The van der Waals surface area contributed by atoms with Crippen LogP contribution in [0.25, 0.3) is 0 Å². The van der Waals surface area contributed by atoms with Crippen molar-refractivity contribution in [2.45, 2.75) is 43.6 Å². The number of anilines is 1. The summed E-state index contributed by atoms with van der Waals surface area (Å²) in [6.45, 7) is 2.70. The summed E-state index contributed by atoms with van der Waals surface area (Å²) >= 11 is 0. The normalized spacial score (nSPS) is 21.0. The number of carbonyl (C=O) groups excluding carboxylic acids is 1. The van der Waals surface area contributed by atoms with Gasteiger partial charge in [0.25, 0.3) is 10.0 Å². The molecule has 10 heteroatoms. The maximum absolute atomic E-state index is 12.9. The zero-order valence-electron chi connectivity index (χ0n) is 16.3. The molecule has 2 aliphatic heterocycles. The van der Waals surface area contributed by atoms with Crippen LogP contribution in [0.4, 0.5) is 5.82 Å². The molecule has 1 amide bonds.